The molecule has 1 aromatic carbocycles. The second kappa shape index (κ2) is 7.34. The molecule has 1 heterocycles. The number of carbonyl (C=O) groups excluding carboxylic acids is 2. The van der Waals surface area contributed by atoms with Crippen molar-refractivity contribution >= 4 is 12.0 Å². The minimum Gasteiger partial charge on any atom is -0.440 e. The zero-order chi connectivity index (χ0) is 16.9. The number of ether oxygens (including phenoxy) is 1. The van der Waals surface area contributed by atoms with E-state index >= 15 is 0 Å². The van der Waals surface area contributed by atoms with E-state index in [1.165, 1.54) is 4.90 Å². The summed E-state index contributed by atoms with van der Waals surface area (Å²) in [6, 6.07) is 8.19. The zero-order valence-corrected chi connectivity index (χ0v) is 12.3. The number of alkyl halides is 3. The number of nitrogens with one attached hydrogen (secondary N) is 1. The summed E-state index contributed by atoms with van der Waals surface area (Å²) >= 11 is 0. The van der Waals surface area contributed by atoms with Crippen LogP contribution in [0.4, 0.5) is 18.0 Å². The predicted molar refractivity (Wildman–Crippen MR) is 75.9 cm³/mol. The van der Waals surface area contributed by atoms with Crippen LogP contribution in [0.15, 0.2) is 30.3 Å². The number of rotatable bonds is 4. The molecule has 0 unspecified atom stereocenters. The van der Waals surface area contributed by atoms with E-state index in [9.17, 15) is 22.8 Å². The van der Waals surface area contributed by atoms with E-state index in [0.717, 1.165) is 0 Å². The number of halogens is 3. The highest BCUT2D eigenvalue weighted by atomic mass is 19.4. The van der Waals surface area contributed by atoms with Gasteiger partial charge in [0.2, 0.25) is 0 Å². The van der Waals surface area contributed by atoms with Gasteiger partial charge in [-0.25, -0.2) is 4.79 Å². The summed E-state index contributed by atoms with van der Waals surface area (Å²) in [7, 11) is 0. The van der Waals surface area contributed by atoms with Crippen LogP contribution in [0.2, 0.25) is 0 Å². The van der Waals surface area contributed by atoms with Crippen LogP contribution in [0.3, 0.4) is 0 Å². The minimum atomic E-state index is -4.55. The Morgan fingerprint density at radius 1 is 1.26 bits per heavy atom. The van der Waals surface area contributed by atoms with Gasteiger partial charge in [-0.1, -0.05) is 18.2 Å². The number of nitrogens with zero attached hydrogens (tertiary/aromatic N) is 1. The molecule has 0 saturated carbocycles. The number of hydrogen-bond acceptors (Lipinski definition) is 3. The van der Waals surface area contributed by atoms with E-state index < -0.39 is 18.9 Å². The molecule has 8 heteroatoms. The third-order valence-electron chi connectivity index (χ3n) is 3.51. The molecule has 0 spiro atoms. The molecule has 0 aromatic heterocycles. The Hall–Kier alpha value is -2.25. The Morgan fingerprint density at radius 3 is 2.61 bits per heavy atom. The number of amides is 2. The predicted octanol–water partition coefficient (Wildman–Crippen LogP) is 2.58. The fourth-order valence-electron chi connectivity index (χ4n) is 2.42. The van der Waals surface area contributed by atoms with Crippen molar-refractivity contribution in [1.29, 1.82) is 0 Å². The standard InChI is InChI=1S/C15H17F3N2O3/c16-15(17,18)10-23-14(22)20-8-4-7-12(20)9-19-13(21)11-5-2-1-3-6-11/h1-3,5-6,12H,4,7-10H2,(H,19,21)/t12-/m0/s1. The van der Waals surface area contributed by atoms with Crippen molar-refractivity contribution in [2.75, 3.05) is 19.7 Å². The Kier molecular flexibility index (Phi) is 5.46. The van der Waals surface area contributed by atoms with Crippen LogP contribution in [-0.4, -0.2) is 48.8 Å². The average Bonchev–Trinajstić information content (AvgIpc) is 2.99. The van der Waals surface area contributed by atoms with Gasteiger partial charge in [0.05, 0.1) is 6.04 Å². The zero-order valence-electron chi connectivity index (χ0n) is 12.3. The van der Waals surface area contributed by atoms with Crippen LogP contribution in [0, 0.1) is 0 Å². The quantitative estimate of drug-likeness (QED) is 0.923. The maximum Gasteiger partial charge on any atom is 0.422 e. The molecular weight excluding hydrogens is 313 g/mol. The minimum absolute atomic E-state index is 0.175. The largest absolute Gasteiger partial charge is 0.440 e. The lowest BCUT2D eigenvalue weighted by Crippen LogP contribution is -2.44. The fourth-order valence-corrected chi connectivity index (χ4v) is 2.42. The van der Waals surface area contributed by atoms with Crippen molar-refractivity contribution in [3.63, 3.8) is 0 Å². The topological polar surface area (TPSA) is 58.6 Å². The number of benzene rings is 1. The number of likely N-dealkylation sites (tertiary alicyclic amines) is 1. The molecule has 0 radical (unpaired) electrons. The first kappa shape index (κ1) is 17.1. The molecule has 1 aromatic rings. The maximum atomic E-state index is 12.1. The Bertz CT molecular complexity index is 549. The highest BCUT2D eigenvalue weighted by Gasteiger charge is 2.34. The highest BCUT2D eigenvalue weighted by molar-refractivity contribution is 5.94. The molecule has 1 aliphatic rings. The SMILES string of the molecule is O=C(NC[C@@H]1CCCN1C(=O)OCC(F)(F)F)c1ccccc1. The first-order chi connectivity index (χ1) is 10.9. The molecular formula is C15H17F3N2O3. The lowest BCUT2D eigenvalue weighted by molar-refractivity contribution is -0.162. The Balaban J connectivity index is 1.84. The molecule has 5 nitrogen and oxygen atoms in total. The second-order valence-corrected chi connectivity index (χ2v) is 5.24. The van der Waals surface area contributed by atoms with Crippen molar-refractivity contribution < 1.29 is 27.5 Å². The summed E-state index contributed by atoms with van der Waals surface area (Å²) in [6.45, 7) is -1.11. The van der Waals surface area contributed by atoms with Gasteiger partial charge >= 0.3 is 12.3 Å². The summed E-state index contributed by atoms with van der Waals surface area (Å²) < 4.78 is 40.5. The molecule has 1 fully saturated rings. The highest BCUT2D eigenvalue weighted by Crippen LogP contribution is 2.20. The lowest BCUT2D eigenvalue weighted by atomic mass is 10.2. The Morgan fingerprint density at radius 2 is 1.96 bits per heavy atom. The molecule has 2 rings (SSSR count). The van der Waals surface area contributed by atoms with Crippen molar-refractivity contribution in [2.24, 2.45) is 0 Å². The van der Waals surface area contributed by atoms with Crippen LogP contribution < -0.4 is 5.32 Å². The first-order valence-electron chi connectivity index (χ1n) is 7.20. The number of hydrogen-bond donors (Lipinski definition) is 1. The van der Waals surface area contributed by atoms with Gasteiger partial charge in [0.25, 0.3) is 5.91 Å². The number of carbonyl (C=O) groups is 2. The van der Waals surface area contributed by atoms with Crippen LogP contribution >= 0.6 is 0 Å². The van der Waals surface area contributed by atoms with E-state index in [0.29, 0.717) is 24.9 Å². The van der Waals surface area contributed by atoms with Crippen LogP contribution in [0.1, 0.15) is 23.2 Å². The van der Waals surface area contributed by atoms with Gasteiger partial charge in [0.15, 0.2) is 6.61 Å². The first-order valence-corrected chi connectivity index (χ1v) is 7.20. The summed E-state index contributed by atoms with van der Waals surface area (Å²) in [5.74, 6) is -0.291. The van der Waals surface area contributed by atoms with Gasteiger partial charge in [-0.05, 0) is 25.0 Å². The summed E-state index contributed by atoms with van der Waals surface area (Å²) in [4.78, 5) is 24.9. The van der Waals surface area contributed by atoms with Gasteiger partial charge in [-0.3, -0.25) is 4.79 Å². The second-order valence-electron chi connectivity index (χ2n) is 5.24. The van der Waals surface area contributed by atoms with Gasteiger partial charge < -0.3 is 15.0 Å². The average molecular weight is 330 g/mol. The molecule has 2 amide bonds. The molecule has 1 aliphatic heterocycles. The lowest BCUT2D eigenvalue weighted by Gasteiger charge is -2.24. The molecule has 0 bridgehead atoms. The summed E-state index contributed by atoms with van der Waals surface area (Å²) in [6.07, 6.45) is -4.28. The van der Waals surface area contributed by atoms with E-state index in [-0.39, 0.29) is 18.5 Å². The van der Waals surface area contributed by atoms with Gasteiger partial charge in [-0.15, -0.1) is 0 Å². The monoisotopic (exact) mass is 330 g/mol. The molecule has 1 N–H and O–H groups in total. The van der Waals surface area contributed by atoms with E-state index in [1.807, 2.05) is 0 Å². The van der Waals surface area contributed by atoms with Crippen molar-refractivity contribution in [3.05, 3.63) is 35.9 Å². The molecule has 0 aliphatic carbocycles. The van der Waals surface area contributed by atoms with Crippen LogP contribution in [-0.2, 0) is 4.74 Å². The summed E-state index contributed by atoms with van der Waals surface area (Å²) in [5, 5.41) is 2.69. The third-order valence-corrected chi connectivity index (χ3v) is 3.51. The smallest absolute Gasteiger partial charge is 0.422 e. The summed E-state index contributed by atoms with van der Waals surface area (Å²) in [5.41, 5.74) is 0.483. The van der Waals surface area contributed by atoms with Crippen molar-refractivity contribution in [1.82, 2.24) is 10.2 Å². The van der Waals surface area contributed by atoms with Gasteiger partial charge in [0.1, 0.15) is 0 Å². The van der Waals surface area contributed by atoms with Crippen LogP contribution in [0.25, 0.3) is 0 Å². The maximum absolute atomic E-state index is 12.1. The third kappa shape index (κ3) is 5.15. The van der Waals surface area contributed by atoms with E-state index in [1.54, 1.807) is 30.3 Å². The fraction of sp³-hybridized carbons (Fsp3) is 0.467. The van der Waals surface area contributed by atoms with Gasteiger partial charge in [0, 0.05) is 18.7 Å². The molecule has 1 saturated heterocycles. The molecule has 126 valence electrons. The van der Waals surface area contributed by atoms with Gasteiger partial charge in [-0.2, -0.15) is 13.2 Å². The van der Waals surface area contributed by atoms with Crippen molar-refractivity contribution in [3.8, 4) is 0 Å². The van der Waals surface area contributed by atoms with Crippen LogP contribution in [0.5, 0.6) is 0 Å². The Labute approximate surface area is 131 Å². The van der Waals surface area contributed by atoms with E-state index in [2.05, 4.69) is 10.1 Å². The van der Waals surface area contributed by atoms with Crippen molar-refractivity contribution in [2.45, 2.75) is 25.1 Å². The normalized spacial score (nSPS) is 17.9. The molecule has 23 heavy (non-hydrogen) atoms. The molecule has 1 atom stereocenters. The van der Waals surface area contributed by atoms with E-state index in [4.69, 9.17) is 0 Å².